The number of likely N-dealkylation sites (N-methyl/N-ethyl adjacent to an activating group) is 1. The number of hydrogen-bond donors (Lipinski definition) is 1. The molecule has 1 aromatic heterocycles. The molecule has 6 heteroatoms. The number of amides is 1. The molecule has 0 bridgehead atoms. The summed E-state index contributed by atoms with van der Waals surface area (Å²) in [4.78, 5) is 14.2. The van der Waals surface area contributed by atoms with Gasteiger partial charge in [0.2, 0.25) is 5.91 Å². The van der Waals surface area contributed by atoms with E-state index in [0.29, 0.717) is 6.54 Å². The number of hydrogen-bond acceptors (Lipinski definition) is 4. The summed E-state index contributed by atoms with van der Waals surface area (Å²) < 4.78 is 6.39. The lowest BCUT2D eigenvalue weighted by Crippen LogP contribution is -2.30. The summed E-state index contributed by atoms with van der Waals surface area (Å²) >= 11 is 3.42. The molecule has 0 aliphatic rings. The third-order valence-electron chi connectivity index (χ3n) is 3.93. The van der Waals surface area contributed by atoms with Gasteiger partial charge in [0.15, 0.2) is 5.76 Å². The molecular weight excluding hydrogens is 394 g/mol. The van der Waals surface area contributed by atoms with E-state index in [1.165, 1.54) is 0 Å². The molecule has 0 radical (unpaired) electrons. The number of aromatic nitrogens is 1. The molecule has 0 atom stereocenters. The fraction of sp³-hybridized carbons (Fsp3) is 0.200. The molecule has 0 saturated heterocycles. The van der Waals surface area contributed by atoms with Crippen LogP contribution in [0.15, 0.2) is 63.6 Å². The van der Waals surface area contributed by atoms with Crippen molar-refractivity contribution in [3.63, 3.8) is 0 Å². The van der Waals surface area contributed by atoms with Crippen LogP contribution >= 0.6 is 15.9 Å². The number of rotatable bonds is 6. The van der Waals surface area contributed by atoms with Crippen LogP contribution < -0.4 is 5.32 Å². The Kier molecular flexibility index (Phi) is 5.85. The smallest absolute Gasteiger partial charge is 0.238 e. The molecule has 2 aromatic carbocycles. The maximum atomic E-state index is 12.3. The van der Waals surface area contributed by atoms with E-state index in [9.17, 15) is 4.79 Å². The summed E-state index contributed by atoms with van der Waals surface area (Å²) in [6, 6.07) is 17.5. The van der Waals surface area contributed by atoms with E-state index in [4.69, 9.17) is 4.52 Å². The van der Waals surface area contributed by atoms with Gasteiger partial charge in [-0.3, -0.25) is 9.69 Å². The van der Waals surface area contributed by atoms with Crippen molar-refractivity contribution >= 4 is 27.5 Å². The van der Waals surface area contributed by atoms with Gasteiger partial charge in [0.05, 0.1) is 12.2 Å². The average Bonchev–Trinajstić information content (AvgIpc) is 3.06. The summed E-state index contributed by atoms with van der Waals surface area (Å²) in [7, 11) is 1.88. The van der Waals surface area contributed by atoms with Crippen molar-refractivity contribution in [1.82, 2.24) is 10.1 Å². The highest BCUT2D eigenvalue weighted by Gasteiger charge is 2.12. The van der Waals surface area contributed by atoms with Crippen LogP contribution in [-0.4, -0.2) is 29.6 Å². The second-order valence-electron chi connectivity index (χ2n) is 6.23. The Morgan fingerprint density at radius 2 is 1.96 bits per heavy atom. The Bertz CT molecular complexity index is 893. The standard InChI is InChI=1S/C20H20BrN3O2/c1-14-10-16(21)8-9-18(14)22-20(25)13-24(2)12-17-11-19(26-23-17)15-6-4-3-5-7-15/h3-11H,12-13H2,1-2H3,(H,22,25). The molecule has 0 unspecified atom stereocenters. The number of aryl methyl sites for hydroxylation is 1. The van der Waals surface area contributed by atoms with Gasteiger partial charge in [0.1, 0.15) is 0 Å². The second-order valence-corrected chi connectivity index (χ2v) is 7.14. The molecule has 0 saturated carbocycles. The average molecular weight is 414 g/mol. The topological polar surface area (TPSA) is 58.4 Å². The number of nitrogens with zero attached hydrogens (tertiary/aromatic N) is 2. The zero-order valence-electron chi connectivity index (χ0n) is 14.7. The van der Waals surface area contributed by atoms with Gasteiger partial charge >= 0.3 is 0 Å². The molecule has 0 fully saturated rings. The number of carbonyl (C=O) groups excluding carboxylic acids is 1. The van der Waals surface area contributed by atoms with E-state index < -0.39 is 0 Å². The third kappa shape index (κ3) is 4.80. The third-order valence-corrected chi connectivity index (χ3v) is 4.42. The zero-order chi connectivity index (χ0) is 18.5. The molecule has 1 N–H and O–H groups in total. The van der Waals surface area contributed by atoms with Crippen LogP contribution in [0.1, 0.15) is 11.3 Å². The van der Waals surface area contributed by atoms with Crippen molar-refractivity contribution in [1.29, 1.82) is 0 Å². The van der Waals surface area contributed by atoms with Crippen LogP contribution in [0.4, 0.5) is 5.69 Å². The highest BCUT2D eigenvalue weighted by atomic mass is 79.9. The molecule has 26 heavy (non-hydrogen) atoms. The first kappa shape index (κ1) is 18.4. The maximum absolute atomic E-state index is 12.3. The molecule has 1 heterocycles. The van der Waals surface area contributed by atoms with Gasteiger partial charge in [-0.25, -0.2) is 0 Å². The first-order valence-corrected chi connectivity index (χ1v) is 9.06. The fourth-order valence-electron chi connectivity index (χ4n) is 2.66. The lowest BCUT2D eigenvalue weighted by atomic mass is 10.1. The largest absolute Gasteiger partial charge is 0.356 e. The van der Waals surface area contributed by atoms with Crippen LogP contribution in [0.3, 0.4) is 0 Å². The molecule has 3 aromatic rings. The Morgan fingerprint density at radius 3 is 2.69 bits per heavy atom. The van der Waals surface area contributed by atoms with Crippen LogP contribution in [0.25, 0.3) is 11.3 Å². The lowest BCUT2D eigenvalue weighted by molar-refractivity contribution is -0.117. The van der Waals surface area contributed by atoms with E-state index in [0.717, 1.165) is 32.7 Å². The van der Waals surface area contributed by atoms with E-state index in [1.807, 2.05) is 73.5 Å². The normalized spacial score (nSPS) is 10.9. The van der Waals surface area contributed by atoms with E-state index in [-0.39, 0.29) is 12.5 Å². The van der Waals surface area contributed by atoms with Gasteiger partial charge in [0, 0.05) is 28.3 Å². The maximum Gasteiger partial charge on any atom is 0.238 e. The van der Waals surface area contributed by atoms with Crippen LogP contribution in [0.2, 0.25) is 0 Å². The first-order chi connectivity index (χ1) is 12.5. The molecule has 0 aliphatic heterocycles. The van der Waals surface area contributed by atoms with Crippen LogP contribution in [0, 0.1) is 6.92 Å². The highest BCUT2D eigenvalue weighted by Crippen LogP contribution is 2.21. The Balaban J connectivity index is 1.56. The summed E-state index contributed by atoms with van der Waals surface area (Å²) in [6.45, 7) is 2.76. The number of anilines is 1. The Hall–Kier alpha value is -2.44. The van der Waals surface area contributed by atoms with Crippen LogP contribution in [-0.2, 0) is 11.3 Å². The van der Waals surface area contributed by atoms with Gasteiger partial charge in [-0.15, -0.1) is 0 Å². The predicted molar refractivity (Wildman–Crippen MR) is 106 cm³/mol. The number of nitrogens with one attached hydrogen (secondary N) is 1. The quantitative estimate of drug-likeness (QED) is 0.646. The monoisotopic (exact) mass is 413 g/mol. The van der Waals surface area contributed by atoms with Gasteiger partial charge in [-0.2, -0.15) is 0 Å². The van der Waals surface area contributed by atoms with Gasteiger partial charge in [0.25, 0.3) is 0 Å². The van der Waals surface area contributed by atoms with E-state index in [2.05, 4.69) is 26.4 Å². The summed E-state index contributed by atoms with van der Waals surface area (Å²) in [6.07, 6.45) is 0. The van der Waals surface area contributed by atoms with Crippen molar-refractivity contribution in [2.24, 2.45) is 0 Å². The summed E-state index contributed by atoms with van der Waals surface area (Å²) in [5, 5.41) is 7.03. The minimum Gasteiger partial charge on any atom is -0.356 e. The first-order valence-electron chi connectivity index (χ1n) is 8.27. The number of halogens is 1. The molecule has 0 spiro atoms. The van der Waals surface area contributed by atoms with E-state index in [1.54, 1.807) is 0 Å². The van der Waals surface area contributed by atoms with Crippen molar-refractivity contribution < 1.29 is 9.32 Å². The Morgan fingerprint density at radius 1 is 1.19 bits per heavy atom. The summed E-state index contributed by atoms with van der Waals surface area (Å²) in [5.74, 6) is 0.661. The van der Waals surface area contributed by atoms with Gasteiger partial charge in [-0.1, -0.05) is 51.4 Å². The van der Waals surface area contributed by atoms with Crippen molar-refractivity contribution in [2.45, 2.75) is 13.5 Å². The molecule has 134 valence electrons. The van der Waals surface area contributed by atoms with Gasteiger partial charge in [-0.05, 0) is 37.7 Å². The highest BCUT2D eigenvalue weighted by molar-refractivity contribution is 9.10. The molecule has 1 amide bonds. The zero-order valence-corrected chi connectivity index (χ0v) is 16.3. The number of carbonyl (C=O) groups is 1. The fourth-order valence-corrected chi connectivity index (χ4v) is 3.14. The van der Waals surface area contributed by atoms with Crippen molar-refractivity contribution in [2.75, 3.05) is 18.9 Å². The van der Waals surface area contributed by atoms with E-state index >= 15 is 0 Å². The molecule has 3 rings (SSSR count). The van der Waals surface area contributed by atoms with Crippen LogP contribution in [0.5, 0.6) is 0 Å². The minimum absolute atomic E-state index is 0.0651. The summed E-state index contributed by atoms with van der Waals surface area (Å²) in [5.41, 5.74) is 3.61. The predicted octanol–water partition coefficient (Wildman–Crippen LogP) is 4.48. The molecule has 5 nitrogen and oxygen atoms in total. The Labute approximate surface area is 161 Å². The molecule has 0 aliphatic carbocycles. The number of benzene rings is 2. The second kappa shape index (κ2) is 8.29. The lowest BCUT2D eigenvalue weighted by Gasteiger charge is -2.15. The van der Waals surface area contributed by atoms with Crippen molar-refractivity contribution in [3.05, 3.63) is 70.3 Å². The molecular formula is C20H20BrN3O2. The minimum atomic E-state index is -0.0651. The van der Waals surface area contributed by atoms with Crippen molar-refractivity contribution in [3.8, 4) is 11.3 Å². The SMILES string of the molecule is Cc1cc(Br)ccc1NC(=O)CN(C)Cc1cc(-c2ccccc2)on1. The van der Waals surface area contributed by atoms with Gasteiger partial charge < -0.3 is 9.84 Å².